The lowest BCUT2D eigenvalue weighted by Crippen LogP contribution is -2.32. The number of alkyl carbamates (subject to hydrolysis) is 1. The Morgan fingerprint density at radius 3 is 2.78 bits per heavy atom. The summed E-state index contributed by atoms with van der Waals surface area (Å²) in [5.74, 6) is 0. The van der Waals surface area contributed by atoms with Gasteiger partial charge in [0.15, 0.2) is 0 Å². The molecule has 0 saturated carbocycles. The number of aromatic amines is 1. The van der Waals surface area contributed by atoms with Crippen molar-refractivity contribution in [2.45, 2.75) is 45.9 Å². The van der Waals surface area contributed by atoms with Gasteiger partial charge < -0.3 is 15.4 Å². The van der Waals surface area contributed by atoms with Crippen LogP contribution in [0.15, 0.2) is 36.5 Å². The highest BCUT2D eigenvalue weighted by atomic mass is 16.6. The van der Waals surface area contributed by atoms with Crippen LogP contribution in [0.2, 0.25) is 0 Å². The van der Waals surface area contributed by atoms with Gasteiger partial charge in [0, 0.05) is 18.4 Å². The summed E-state index contributed by atoms with van der Waals surface area (Å²) in [5, 5.41) is 13.1. The Morgan fingerprint density at radius 2 is 2.13 bits per heavy atom. The minimum atomic E-state index is -0.493. The predicted molar refractivity (Wildman–Crippen MR) is 90.1 cm³/mol. The number of anilines is 1. The van der Waals surface area contributed by atoms with Gasteiger partial charge in [-0.2, -0.15) is 5.10 Å². The van der Waals surface area contributed by atoms with E-state index in [1.165, 1.54) is 0 Å². The Bertz CT molecular complexity index is 632. The third-order valence-electron chi connectivity index (χ3n) is 3.13. The molecule has 1 amide bonds. The van der Waals surface area contributed by atoms with Gasteiger partial charge in [0.05, 0.1) is 11.7 Å². The smallest absolute Gasteiger partial charge is 0.407 e. The summed E-state index contributed by atoms with van der Waals surface area (Å²) in [7, 11) is 0. The van der Waals surface area contributed by atoms with E-state index in [9.17, 15) is 4.79 Å². The van der Waals surface area contributed by atoms with Crippen LogP contribution in [0.4, 0.5) is 10.5 Å². The summed E-state index contributed by atoms with van der Waals surface area (Å²) in [6.07, 6.45) is 1.32. The van der Waals surface area contributed by atoms with Gasteiger partial charge in [0.2, 0.25) is 0 Å². The van der Waals surface area contributed by atoms with E-state index >= 15 is 0 Å². The van der Waals surface area contributed by atoms with E-state index in [0.29, 0.717) is 6.54 Å². The zero-order chi connectivity index (χ0) is 16.9. The lowest BCUT2D eigenvalue weighted by molar-refractivity contribution is 0.0523. The van der Waals surface area contributed by atoms with Gasteiger partial charge in [0.1, 0.15) is 5.60 Å². The second kappa shape index (κ2) is 7.17. The zero-order valence-electron chi connectivity index (χ0n) is 14.0. The van der Waals surface area contributed by atoms with Gasteiger partial charge in [-0.1, -0.05) is 12.1 Å². The Hall–Kier alpha value is -2.50. The van der Waals surface area contributed by atoms with Gasteiger partial charge in [-0.25, -0.2) is 4.79 Å². The van der Waals surface area contributed by atoms with Crippen LogP contribution in [0.5, 0.6) is 0 Å². The highest BCUT2D eigenvalue weighted by molar-refractivity contribution is 5.67. The summed E-state index contributed by atoms with van der Waals surface area (Å²) < 4.78 is 5.23. The normalized spacial score (nSPS) is 12.5. The molecule has 0 saturated heterocycles. The molecule has 124 valence electrons. The standard InChI is InChI=1S/C17H24N4O2/c1-12(15-8-9-19-21-15)20-14-7-5-6-13(10-14)11-18-16(22)23-17(2,3)4/h5-10,12,20H,11H2,1-4H3,(H,18,22)(H,19,21). The van der Waals surface area contributed by atoms with Gasteiger partial charge in [0.25, 0.3) is 0 Å². The monoisotopic (exact) mass is 316 g/mol. The summed E-state index contributed by atoms with van der Waals surface area (Å²) in [4.78, 5) is 11.7. The molecule has 0 bridgehead atoms. The molecule has 2 rings (SSSR count). The number of nitrogens with one attached hydrogen (secondary N) is 3. The van der Waals surface area contributed by atoms with Crippen molar-refractivity contribution in [1.82, 2.24) is 15.5 Å². The molecule has 0 aliphatic carbocycles. The van der Waals surface area contributed by atoms with Crippen molar-refractivity contribution in [3.05, 3.63) is 47.8 Å². The quantitative estimate of drug-likeness (QED) is 0.787. The lowest BCUT2D eigenvalue weighted by Gasteiger charge is -2.20. The predicted octanol–water partition coefficient (Wildman–Crippen LogP) is 3.61. The van der Waals surface area contributed by atoms with Crippen molar-refractivity contribution in [3.8, 4) is 0 Å². The van der Waals surface area contributed by atoms with E-state index in [-0.39, 0.29) is 6.04 Å². The fourth-order valence-electron chi connectivity index (χ4n) is 2.10. The first-order chi connectivity index (χ1) is 10.8. The number of rotatable bonds is 5. The number of hydrogen-bond donors (Lipinski definition) is 3. The van der Waals surface area contributed by atoms with Crippen LogP contribution < -0.4 is 10.6 Å². The molecule has 3 N–H and O–H groups in total. The third kappa shape index (κ3) is 5.65. The lowest BCUT2D eigenvalue weighted by atomic mass is 10.1. The number of benzene rings is 1. The molecule has 1 aromatic carbocycles. The highest BCUT2D eigenvalue weighted by Gasteiger charge is 2.15. The maximum absolute atomic E-state index is 11.7. The van der Waals surface area contributed by atoms with Crippen LogP contribution in [0.25, 0.3) is 0 Å². The number of H-pyrrole nitrogens is 1. The highest BCUT2D eigenvalue weighted by Crippen LogP contribution is 2.18. The number of carbonyl (C=O) groups excluding carboxylic acids is 1. The number of ether oxygens (including phenoxy) is 1. The molecule has 6 nitrogen and oxygen atoms in total. The first kappa shape index (κ1) is 16.9. The van der Waals surface area contributed by atoms with Gasteiger partial charge in [-0.15, -0.1) is 0 Å². The molecule has 0 aliphatic heterocycles. The van der Waals surface area contributed by atoms with Crippen LogP contribution in [0.1, 0.15) is 45.0 Å². The van der Waals surface area contributed by atoms with E-state index in [0.717, 1.165) is 16.9 Å². The zero-order valence-corrected chi connectivity index (χ0v) is 14.0. The Morgan fingerprint density at radius 1 is 1.35 bits per heavy atom. The molecule has 1 heterocycles. The minimum absolute atomic E-state index is 0.117. The van der Waals surface area contributed by atoms with Crippen molar-refractivity contribution in [1.29, 1.82) is 0 Å². The molecule has 0 spiro atoms. The first-order valence-electron chi connectivity index (χ1n) is 7.65. The third-order valence-corrected chi connectivity index (χ3v) is 3.13. The molecule has 1 aromatic heterocycles. The van der Waals surface area contributed by atoms with Crippen molar-refractivity contribution in [2.75, 3.05) is 5.32 Å². The van der Waals surface area contributed by atoms with Crippen molar-refractivity contribution in [2.24, 2.45) is 0 Å². The van der Waals surface area contributed by atoms with Crippen LogP contribution >= 0.6 is 0 Å². The average molecular weight is 316 g/mol. The Balaban J connectivity index is 1.91. The van der Waals surface area contributed by atoms with E-state index in [1.54, 1.807) is 6.20 Å². The van der Waals surface area contributed by atoms with E-state index < -0.39 is 11.7 Å². The molecule has 0 fully saturated rings. The molecular formula is C17H24N4O2. The molecule has 1 atom stereocenters. The van der Waals surface area contributed by atoms with Crippen molar-refractivity contribution < 1.29 is 9.53 Å². The van der Waals surface area contributed by atoms with E-state index in [1.807, 2.05) is 51.1 Å². The van der Waals surface area contributed by atoms with Crippen LogP contribution in [-0.4, -0.2) is 21.9 Å². The van der Waals surface area contributed by atoms with E-state index in [4.69, 9.17) is 4.74 Å². The van der Waals surface area contributed by atoms with Gasteiger partial charge in [-0.05, 0) is 51.5 Å². The van der Waals surface area contributed by atoms with Gasteiger partial charge in [-0.3, -0.25) is 5.10 Å². The average Bonchev–Trinajstić information content (AvgIpc) is 2.98. The number of carbonyl (C=O) groups is 1. The molecular weight excluding hydrogens is 292 g/mol. The summed E-state index contributed by atoms with van der Waals surface area (Å²) >= 11 is 0. The summed E-state index contributed by atoms with van der Waals surface area (Å²) in [6.45, 7) is 8.00. The second-order valence-corrected chi connectivity index (χ2v) is 6.43. The Labute approximate surface area is 136 Å². The van der Waals surface area contributed by atoms with Gasteiger partial charge >= 0.3 is 6.09 Å². The van der Waals surface area contributed by atoms with Crippen molar-refractivity contribution >= 4 is 11.8 Å². The number of aromatic nitrogens is 2. The first-order valence-corrected chi connectivity index (χ1v) is 7.65. The topological polar surface area (TPSA) is 79.0 Å². The van der Waals surface area contributed by atoms with Crippen LogP contribution in [-0.2, 0) is 11.3 Å². The molecule has 2 aromatic rings. The molecule has 23 heavy (non-hydrogen) atoms. The molecule has 0 aliphatic rings. The number of nitrogens with zero attached hydrogens (tertiary/aromatic N) is 1. The summed E-state index contributed by atoms with van der Waals surface area (Å²) in [5.41, 5.74) is 2.50. The molecule has 1 unspecified atom stereocenters. The number of amides is 1. The Kier molecular flexibility index (Phi) is 5.26. The molecule has 0 radical (unpaired) electrons. The maximum atomic E-state index is 11.7. The van der Waals surface area contributed by atoms with E-state index in [2.05, 4.69) is 27.8 Å². The fraction of sp³-hybridized carbons (Fsp3) is 0.412. The van der Waals surface area contributed by atoms with Crippen LogP contribution in [0, 0.1) is 0 Å². The summed E-state index contributed by atoms with van der Waals surface area (Å²) in [6, 6.07) is 9.96. The SMILES string of the molecule is CC(Nc1cccc(CNC(=O)OC(C)(C)C)c1)c1ccn[nH]1. The van der Waals surface area contributed by atoms with Crippen molar-refractivity contribution in [3.63, 3.8) is 0 Å². The largest absolute Gasteiger partial charge is 0.444 e. The second-order valence-electron chi connectivity index (χ2n) is 6.43. The minimum Gasteiger partial charge on any atom is -0.444 e. The maximum Gasteiger partial charge on any atom is 0.407 e. The number of hydrogen-bond acceptors (Lipinski definition) is 4. The van der Waals surface area contributed by atoms with Crippen LogP contribution in [0.3, 0.4) is 0 Å². The molecule has 6 heteroatoms. The fourth-order valence-corrected chi connectivity index (χ4v) is 2.10.